The van der Waals surface area contributed by atoms with Gasteiger partial charge < -0.3 is 10.6 Å². The van der Waals surface area contributed by atoms with Crippen molar-refractivity contribution in [2.24, 2.45) is 23.5 Å². The number of carbonyl (C=O) groups excluding carboxylic acids is 1. The fourth-order valence-electron chi connectivity index (χ4n) is 3.68. The number of hydrogen-bond acceptors (Lipinski definition) is 3. The Morgan fingerprint density at radius 2 is 1.81 bits per heavy atom. The molecule has 2 atom stereocenters. The molecule has 2 rings (SSSR count). The molecular weight excluding hydrogens is 262 g/mol. The van der Waals surface area contributed by atoms with Crippen LogP contribution in [0.1, 0.15) is 46.0 Å². The van der Waals surface area contributed by atoms with Gasteiger partial charge in [0.05, 0.1) is 0 Å². The average molecular weight is 295 g/mol. The Balaban J connectivity index is 1.79. The van der Waals surface area contributed by atoms with Gasteiger partial charge in [-0.1, -0.05) is 26.7 Å². The lowest BCUT2D eigenvalue weighted by molar-refractivity contribution is -0.140. The maximum atomic E-state index is 12.7. The van der Waals surface area contributed by atoms with Gasteiger partial charge in [-0.05, 0) is 44.2 Å². The Labute approximate surface area is 130 Å². The molecule has 0 aromatic carbocycles. The van der Waals surface area contributed by atoms with E-state index in [9.17, 15) is 4.79 Å². The van der Waals surface area contributed by atoms with Crippen LogP contribution in [0.4, 0.5) is 0 Å². The zero-order chi connectivity index (χ0) is 15.2. The molecule has 0 bridgehead atoms. The fourth-order valence-corrected chi connectivity index (χ4v) is 3.68. The molecule has 2 N–H and O–H groups in total. The standard InChI is InChI=1S/C17H33N3O/c1-14(2)7-8-19-9-11-20(12-10-19)17(21)16-6-4-3-5-15(16)13-18/h14-16H,3-13,18H2,1-2H3. The zero-order valence-electron chi connectivity index (χ0n) is 13.9. The third kappa shape index (κ3) is 4.68. The average Bonchev–Trinajstić information content (AvgIpc) is 2.52. The normalized spacial score (nSPS) is 28.1. The molecule has 0 aromatic heterocycles. The van der Waals surface area contributed by atoms with Crippen LogP contribution in [0.15, 0.2) is 0 Å². The maximum absolute atomic E-state index is 12.7. The summed E-state index contributed by atoms with van der Waals surface area (Å²) in [6.45, 7) is 10.3. The molecular formula is C17H33N3O. The number of amides is 1. The molecule has 4 nitrogen and oxygen atoms in total. The monoisotopic (exact) mass is 295 g/mol. The summed E-state index contributed by atoms with van der Waals surface area (Å²) in [5.74, 6) is 1.77. The summed E-state index contributed by atoms with van der Waals surface area (Å²) >= 11 is 0. The van der Waals surface area contributed by atoms with E-state index in [0.717, 1.165) is 44.9 Å². The molecule has 1 saturated heterocycles. The molecule has 0 spiro atoms. The van der Waals surface area contributed by atoms with Crippen LogP contribution in [-0.2, 0) is 4.79 Å². The van der Waals surface area contributed by atoms with E-state index in [4.69, 9.17) is 5.73 Å². The van der Waals surface area contributed by atoms with Crippen LogP contribution < -0.4 is 5.73 Å². The van der Waals surface area contributed by atoms with Gasteiger partial charge in [-0.15, -0.1) is 0 Å². The Kier molecular flexibility index (Phi) is 6.49. The SMILES string of the molecule is CC(C)CCN1CCN(C(=O)C2CCCCC2CN)CC1. The molecule has 1 heterocycles. The molecule has 1 amide bonds. The van der Waals surface area contributed by atoms with Gasteiger partial charge in [0, 0.05) is 32.1 Å². The largest absolute Gasteiger partial charge is 0.340 e. The molecule has 2 fully saturated rings. The first-order chi connectivity index (χ1) is 10.1. The van der Waals surface area contributed by atoms with Crippen LogP contribution in [-0.4, -0.2) is 55.0 Å². The molecule has 1 saturated carbocycles. The number of carbonyl (C=O) groups is 1. The zero-order valence-corrected chi connectivity index (χ0v) is 13.9. The quantitative estimate of drug-likeness (QED) is 0.843. The second-order valence-corrected chi connectivity index (χ2v) is 7.24. The number of hydrogen-bond donors (Lipinski definition) is 1. The van der Waals surface area contributed by atoms with Gasteiger partial charge in [0.2, 0.25) is 5.91 Å². The van der Waals surface area contributed by atoms with Crippen LogP contribution in [0, 0.1) is 17.8 Å². The smallest absolute Gasteiger partial charge is 0.226 e. The highest BCUT2D eigenvalue weighted by molar-refractivity contribution is 5.79. The summed E-state index contributed by atoms with van der Waals surface area (Å²) in [5.41, 5.74) is 5.87. The predicted molar refractivity (Wildman–Crippen MR) is 87.0 cm³/mol. The van der Waals surface area contributed by atoms with Crippen LogP contribution in [0.3, 0.4) is 0 Å². The van der Waals surface area contributed by atoms with Crippen LogP contribution in [0.5, 0.6) is 0 Å². The lowest BCUT2D eigenvalue weighted by atomic mass is 9.78. The second-order valence-electron chi connectivity index (χ2n) is 7.24. The van der Waals surface area contributed by atoms with Crippen LogP contribution in [0.25, 0.3) is 0 Å². The first kappa shape index (κ1) is 16.8. The minimum Gasteiger partial charge on any atom is -0.340 e. The maximum Gasteiger partial charge on any atom is 0.226 e. The Morgan fingerprint density at radius 1 is 1.14 bits per heavy atom. The highest BCUT2D eigenvalue weighted by Crippen LogP contribution is 2.31. The van der Waals surface area contributed by atoms with Crippen LogP contribution in [0.2, 0.25) is 0 Å². The van der Waals surface area contributed by atoms with Crippen LogP contribution >= 0.6 is 0 Å². The summed E-state index contributed by atoms with van der Waals surface area (Å²) in [7, 11) is 0. The van der Waals surface area contributed by atoms with Gasteiger partial charge in [-0.25, -0.2) is 0 Å². The molecule has 2 unspecified atom stereocenters. The minimum atomic E-state index is 0.200. The highest BCUT2D eigenvalue weighted by Gasteiger charge is 2.33. The molecule has 0 aromatic rings. The van der Waals surface area contributed by atoms with Crippen molar-refractivity contribution in [1.29, 1.82) is 0 Å². The first-order valence-corrected chi connectivity index (χ1v) is 8.83. The van der Waals surface area contributed by atoms with E-state index in [1.807, 2.05) is 0 Å². The highest BCUT2D eigenvalue weighted by atomic mass is 16.2. The number of nitrogens with zero attached hydrogens (tertiary/aromatic N) is 2. The molecule has 122 valence electrons. The second kappa shape index (κ2) is 8.14. The summed E-state index contributed by atoms with van der Waals surface area (Å²) in [5, 5.41) is 0. The molecule has 1 aliphatic carbocycles. The van der Waals surface area contributed by atoms with Crippen molar-refractivity contribution in [3.05, 3.63) is 0 Å². The Bertz CT molecular complexity index is 324. The van der Waals surface area contributed by atoms with E-state index < -0.39 is 0 Å². The van der Waals surface area contributed by atoms with E-state index in [1.165, 1.54) is 25.8 Å². The van der Waals surface area contributed by atoms with Crippen molar-refractivity contribution in [2.75, 3.05) is 39.3 Å². The van der Waals surface area contributed by atoms with E-state index in [2.05, 4.69) is 23.6 Å². The third-order valence-electron chi connectivity index (χ3n) is 5.24. The molecule has 1 aliphatic heterocycles. The van der Waals surface area contributed by atoms with Gasteiger partial charge in [0.15, 0.2) is 0 Å². The van der Waals surface area contributed by atoms with Crippen molar-refractivity contribution in [1.82, 2.24) is 9.80 Å². The fraction of sp³-hybridized carbons (Fsp3) is 0.941. The Hall–Kier alpha value is -0.610. The van der Waals surface area contributed by atoms with E-state index in [0.29, 0.717) is 18.4 Å². The van der Waals surface area contributed by atoms with E-state index in [1.54, 1.807) is 0 Å². The van der Waals surface area contributed by atoms with Gasteiger partial charge in [0.25, 0.3) is 0 Å². The van der Waals surface area contributed by atoms with Crippen molar-refractivity contribution >= 4 is 5.91 Å². The van der Waals surface area contributed by atoms with Gasteiger partial charge in [-0.2, -0.15) is 0 Å². The van der Waals surface area contributed by atoms with E-state index in [-0.39, 0.29) is 5.92 Å². The predicted octanol–water partition coefficient (Wildman–Crippen LogP) is 1.94. The lowest BCUT2D eigenvalue weighted by Crippen LogP contribution is -2.52. The topological polar surface area (TPSA) is 49.6 Å². The van der Waals surface area contributed by atoms with Gasteiger partial charge in [0.1, 0.15) is 0 Å². The molecule has 2 aliphatic rings. The summed E-state index contributed by atoms with van der Waals surface area (Å²) in [6.07, 6.45) is 5.89. The first-order valence-electron chi connectivity index (χ1n) is 8.83. The van der Waals surface area contributed by atoms with Crippen molar-refractivity contribution < 1.29 is 4.79 Å². The molecule has 4 heteroatoms. The number of piperazine rings is 1. The summed E-state index contributed by atoms with van der Waals surface area (Å²) in [4.78, 5) is 17.4. The van der Waals surface area contributed by atoms with Crippen molar-refractivity contribution in [3.63, 3.8) is 0 Å². The number of rotatable bonds is 5. The summed E-state index contributed by atoms with van der Waals surface area (Å²) in [6, 6.07) is 0. The lowest BCUT2D eigenvalue weighted by Gasteiger charge is -2.39. The summed E-state index contributed by atoms with van der Waals surface area (Å²) < 4.78 is 0. The Morgan fingerprint density at radius 3 is 2.43 bits per heavy atom. The molecule has 0 radical (unpaired) electrons. The van der Waals surface area contributed by atoms with Crippen molar-refractivity contribution in [2.45, 2.75) is 46.0 Å². The molecule has 21 heavy (non-hydrogen) atoms. The third-order valence-corrected chi connectivity index (χ3v) is 5.24. The van der Waals surface area contributed by atoms with Gasteiger partial charge in [-0.3, -0.25) is 9.69 Å². The van der Waals surface area contributed by atoms with E-state index >= 15 is 0 Å². The minimum absolute atomic E-state index is 0.200. The van der Waals surface area contributed by atoms with Crippen molar-refractivity contribution in [3.8, 4) is 0 Å². The van der Waals surface area contributed by atoms with Gasteiger partial charge >= 0.3 is 0 Å². The number of nitrogens with two attached hydrogens (primary N) is 1.